The van der Waals surface area contributed by atoms with Crippen molar-refractivity contribution in [2.24, 2.45) is 4.99 Å². The average Bonchev–Trinajstić information content (AvgIpc) is 3.18. The highest BCUT2D eigenvalue weighted by Crippen LogP contribution is 2.30. The number of aliphatic imine (C=N–C) groups is 1. The van der Waals surface area contributed by atoms with E-state index in [-0.39, 0.29) is 10.5 Å². The van der Waals surface area contributed by atoms with E-state index in [1.807, 2.05) is 32.0 Å². The fourth-order valence-electron chi connectivity index (χ4n) is 2.83. The number of likely N-dealkylation sites (N-methyl/N-ethyl adjacent to an activating group) is 1. The van der Waals surface area contributed by atoms with Crippen molar-refractivity contribution in [2.45, 2.75) is 20.3 Å². The number of hydrogen-bond acceptors (Lipinski definition) is 3. The SMILES string of the molecule is CC[N+]1(C(=O)n2ccnc2)C=NC(C)=C1Cc1ccccc1. The molecule has 1 aliphatic rings. The predicted octanol–water partition coefficient (Wildman–Crippen LogP) is 3.20. The Kier molecular flexibility index (Phi) is 3.73. The van der Waals surface area contributed by atoms with Crippen LogP contribution in [-0.2, 0) is 6.42 Å². The molecule has 1 aromatic heterocycles. The molecular weight excluding hydrogens is 276 g/mol. The Labute approximate surface area is 129 Å². The minimum absolute atomic E-state index is 0.0495. The third kappa shape index (κ3) is 2.29. The second kappa shape index (κ2) is 5.69. The minimum atomic E-state index is -0.0495. The highest BCUT2D eigenvalue weighted by Gasteiger charge is 2.44. The first-order valence-corrected chi connectivity index (χ1v) is 7.37. The van der Waals surface area contributed by atoms with Gasteiger partial charge in [-0.05, 0) is 19.4 Å². The average molecular weight is 295 g/mol. The summed E-state index contributed by atoms with van der Waals surface area (Å²) in [5.41, 5.74) is 3.11. The highest BCUT2D eigenvalue weighted by molar-refractivity contribution is 5.81. The van der Waals surface area contributed by atoms with Gasteiger partial charge in [0.15, 0.2) is 0 Å². The van der Waals surface area contributed by atoms with Gasteiger partial charge in [0.25, 0.3) is 0 Å². The maximum Gasteiger partial charge on any atom is 0.439 e. The summed E-state index contributed by atoms with van der Waals surface area (Å²) in [7, 11) is 0. The van der Waals surface area contributed by atoms with Crippen molar-refractivity contribution < 1.29 is 9.28 Å². The van der Waals surface area contributed by atoms with E-state index in [0.29, 0.717) is 13.0 Å². The lowest BCUT2D eigenvalue weighted by Gasteiger charge is -2.28. The number of nitrogens with zero attached hydrogens (tertiary/aromatic N) is 4. The molecule has 0 aliphatic carbocycles. The van der Waals surface area contributed by atoms with Crippen LogP contribution in [0.2, 0.25) is 0 Å². The quantitative estimate of drug-likeness (QED) is 0.816. The van der Waals surface area contributed by atoms with Crippen LogP contribution >= 0.6 is 0 Å². The van der Waals surface area contributed by atoms with Crippen LogP contribution in [0.25, 0.3) is 0 Å². The number of carbonyl (C=O) groups excluding carboxylic acids is 1. The third-order valence-corrected chi connectivity index (χ3v) is 4.13. The zero-order valence-corrected chi connectivity index (χ0v) is 12.8. The normalized spacial score (nSPS) is 20.6. The fraction of sp³-hybridized carbons (Fsp3) is 0.235. The number of hydrogen-bond donors (Lipinski definition) is 0. The number of aromatic nitrogens is 2. The molecule has 1 unspecified atom stereocenters. The second-order valence-electron chi connectivity index (χ2n) is 5.38. The van der Waals surface area contributed by atoms with E-state index < -0.39 is 0 Å². The Hall–Kier alpha value is -2.53. The third-order valence-electron chi connectivity index (χ3n) is 4.13. The van der Waals surface area contributed by atoms with Crippen LogP contribution in [0.15, 0.2) is 65.4 Å². The van der Waals surface area contributed by atoms with Crippen LogP contribution in [0.5, 0.6) is 0 Å². The van der Waals surface area contributed by atoms with Crippen molar-refractivity contribution in [3.63, 3.8) is 0 Å². The van der Waals surface area contributed by atoms with E-state index in [1.165, 1.54) is 10.1 Å². The number of quaternary nitrogens is 1. The molecule has 5 nitrogen and oxygen atoms in total. The standard InChI is InChI=1S/C17H19N4O/c1-3-21(17(22)20-10-9-18-12-20)13-19-14(2)16(21)11-15-7-5-4-6-8-15/h4-10,12-13H,3,11H2,1-2H3/q+1. The molecule has 0 saturated carbocycles. The summed E-state index contributed by atoms with van der Waals surface area (Å²) in [6, 6.07) is 10.1. The van der Waals surface area contributed by atoms with Crippen LogP contribution < -0.4 is 0 Å². The Bertz CT molecular complexity index is 731. The molecule has 22 heavy (non-hydrogen) atoms. The topological polar surface area (TPSA) is 47.2 Å². The van der Waals surface area contributed by atoms with Gasteiger partial charge in [-0.25, -0.2) is 19.3 Å². The zero-order chi connectivity index (χ0) is 15.6. The first-order valence-electron chi connectivity index (χ1n) is 7.37. The van der Waals surface area contributed by atoms with Gasteiger partial charge in [0.2, 0.25) is 6.34 Å². The molecule has 0 N–H and O–H groups in total. The van der Waals surface area contributed by atoms with Gasteiger partial charge in [0.1, 0.15) is 17.7 Å². The summed E-state index contributed by atoms with van der Waals surface area (Å²) in [5.74, 6) is 0. The van der Waals surface area contributed by atoms with Crippen LogP contribution in [0.1, 0.15) is 19.4 Å². The lowest BCUT2D eigenvalue weighted by Crippen LogP contribution is -2.51. The first-order chi connectivity index (χ1) is 10.7. The zero-order valence-electron chi connectivity index (χ0n) is 12.8. The molecule has 1 atom stereocenters. The van der Waals surface area contributed by atoms with Gasteiger partial charge in [-0.1, -0.05) is 30.3 Å². The largest absolute Gasteiger partial charge is 0.439 e. The van der Waals surface area contributed by atoms with Gasteiger partial charge in [-0.15, -0.1) is 0 Å². The summed E-state index contributed by atoms with van der Waals surface area (Å²) in [5, 5.41) is 0. The Morgan fingerprint density at radius 2 is 2.05 bits per heavy atom. The molecule has 2 heterocycles. The molecule has 3 rings (SSSR count). The Morgan fingerprint density at radius 1 is 1.27 bits per heavy atom. The number of carbonyl (C=O) groups is 1. The number of rotatable bonds is 3. The molecule has 0 saturated heterocycles. The van der Waals surface area contributed by atoms with Crippen molar-refractivity contribution in [3.05, 3.63) is 66.0 Å². The van der Waals surface area contributed by atoms with Crippen LogP contribution in [0.4, 0.5) is 4.79 Å². The molecular formula is C17H19N4O+. The monoisotopic (exact) mass is 295 g/mol. The number of allylic oxidation sites excluding steroid dienone is 2. The lowest BCUT2D eigenvalue weighted by molar-refractivity contribution is -0.706. The van der Waals surface area contributed by atoms with Crippen molar-refractivity contribution in [1.82, 2.24) is 9.55 Å². The lowest BCUT2D eigenvalue weighted by atomic mass is 10.1. The van der Waals surface area contributed by atoms with Crippen LogP contribution in [-0.4, -0.2) is 32.9 Å². The second-order valence-corrected chi connectivity index (χ2v) is 5.38. The molecule has 0 radical (unpaired) electrons. The summed E-state index contributed by atoms with van der Waals surface area (Å²) >= 11 is 0. The maximum absolute atomic E-state index is 13.0. The van der Waals surface area contributed by atoms with Crippen molar-refractivity contribution in [1.29, 1.82) is 0 Å². The van der Waals surface area contributed by atoms with Gasteiger partial charge in [-0.3, -0.25) is 0 Å². The van der Waals surface area contributed by atoms with Gasteiger partial charge in [0.05, 0.1) is 13.0 Å². The fourth-order valence-corrected chi connectivity index (χ4v) is 2.83. The Balaban J connectivity index is 2.00. The van der Waals surface area contributed by atoms with Crippen molar-refractivity contribution in [3.8, 4) is 0 Å². The van der Waals surface area contributed by atoms with Crippen molar-refractivity contribution >= 4 is 12.4 Å². The van der Waals surface area contributed by atoms with E-state index in [0.717, 1.165) is 11.4 Å². The van der Waals surface area contributed by atoms with Gasteiger partial charge < -0.3 is 0 Å². The molecule has 2 aromatic rings. The molecule has 1 aliphatic heterocycles. The number of imidazole rings is 1. The molecule has 1 amide bonds. The van der Waals surface area contributed by atoms with Crippen LogP contribution in [0, 0.1) is 0 Å². The molecule has 0 bridgehead atoms. The van der Waals surface area contributed by atoms with Crippen molar-refractivity contribution in [2.75, 3.05) is 6.54 Å². The van der Waals surface area contributed by atoms with E-state index in [1.54, 1.807) is 25.1 Å². The predicted molar refractivity (Wildman–Crippen MR) is 85.2 cm³/mol. The summed E-state index contributed by atoms with van der Waals surface area (Å²) in [6.45, 7) is 4.59. The van der Waals surface area contributed by atoms with E-state index in [4.69, 9.17) is 0 Å². The number of amides is 1. The molecule has 0 fully saturated rings. The van der Waals surface area contributed by atoms with E-state index in [2.05, 4.69) is 22.1 Å². The minimum Gasteiger partial charge on any atom is -0.245 e. The molecule has 0 spiro atoms. The molecule has 112 valence electrons. The Morgan fingerprint density at radius 3 is 2.68 bits per heavy atom. The van der Waals surface area contributed by atoms with E-state index >= 15 is 0 Å². The summed E-state index contributed by atoms with van der Waals surface area (Å²) in [6.07, 6.45) is 7.29. The molecule has 1 aromatic carbocycles. The summed E-state index contributed by atoms with van der Waals surface area (Å²) in [4.78, 5) is 21.4. The highest BCUT2D eigenvalue weighted by atomic mass is 16.2. The van der Waals surface area contributed by atoms with Gasteiger partial charge >= 0.3 is 6.03 Å². The maximum atomic E-state index is 13.0. The number of benzene rings is 1. The summed E-state index contributed by atoms with van der Waals surface area (Å²) < 4.78 is 1.65. The molecule has 5 heteroatoms. The van der Waals surface area contributed by atoms with Crippen LogP contribution in [0.3, 0.4) is 0 Å². The van der Waals surface area contributed by atoms with Gasteiger partial charge in [0, 0.05) is 12.4 Å². The smallest absolute Gasteiger partial charge is 0.245 e. The van der Waals surface area contributed by atoms with E-state index in [9.17, 15) is 4.79 Å². The van der Waals surface area contributed by atoms with Gasteiger partial charge in [-0.2, -0.15) is 4.48 Å². The first kappa shape index (κ1) is 14.4.